The molecule has 0 aromatic carbocycles. The summed E-state index contributed by atoms with van der Waals surface area (Å²) in [6.07, 6.45) is 7.08. The monoisotopic (exact) mass is 312 g/mol. The zero-order chi connectivity index (χ0) is 16.4. The van der Waals surface area contributed by atoms with E-state index in [2.05, 4.69) is 27.7 Å². The normalized spacial score (nSPS) is 40.0. The van der Waals surface area contributed by atoms with Crippen LogP contribution in [-0.2, 0) is 14.2 Å². The topological polar surface area (TPSA) is 27.7 Å². The van der Waals surface area contributed by atoms with E-state index in [4.69, 9.17) is 14.2 Å². The zero-order valence-electron chi connectivity index (χ0n) is 15.5. The Kier molecular flexibility index (Phi) is 5.95. The van der Waals surface area contributed by atoms with Gasteiger partial charge in [0, 0.05) is 13.0 Å². The van der Waals surface area contributed by atoms with Crippen LogP contribution in [0.15, 0.2) is 0 Å². The van der Waals surface area contributed by atoms with Gasteiger partial charge in [-0.05, 0) is 71.6 Å². The third kappa shape index (κ3) is 4.24. The second-order valence-electron chi connectivity index (χ2n) is 8.02. The van der Waals surface area contributed by atoms with Gasteiger partial charge in [0.2, 0.25) is 0 Å². The van der Waals surface area contributed by atoms with Gasteiger partial charge in [0.15, 0.2) is 6.29 Å². The second kappa shape index (κ2) is 7.19. The maximum absolute atomic E-state index is 6.50. The molecule has 3 heteroatoms. The summed E-state index contributed by atoms with van der Waals surface area (Å²) < 4.78 is 18.6. The molecule has 2 rings (SSSR count). The fourth-order valence-electron chi connectivity index (χ4n) is 5.17. The molecule has 0 saturated heterocycles. The summed E-state index contributed by atoms with van der Waals surface area (Å²) >= 11 is 0. The zero-order valence-corrected chi connectivity index (χ0v) is 15.5. The third-order valence-electron chi connectivity index (χ3n) is 5.37. The van der Waals surface area contributed by atoms with Crippen LogP contribution < -0.4 is 0 Å². The lowest BCUT2D eigenvalue weighted by Gasteiger charge is -2.55. The van der Waals surface area contributed by atoms with Gasteiger partial charge in [-0.1, -0.05) is 13.8 Å². The Balaban J connectivity index is 2.19. The molecule has 2 saturated carbocycles. The minimum absolute atomic E-state index is 0.0106. The molecular formula is C19H36O3. The van der Waals surface area contributed by atoms with Gasteiger partial charge in [0.25, 0.3) is 0 Å². The van der Waals surface area contributed by atoms with E-state index < -0.39 is 0 Å². The lowest BCUT2D eigenvalue weighted by Crippen LogP contribution is -2.56. The van der Waals surface area contributed by atoms with E-state index in [1.165, 1.54) is 19.3 Å². The number of hydrogen-bond donors (Lipinski definition) is 0. The average Bonchev–Trinajstić information content (AvgIpc) is 2.35. The van der Waals surface area contributed by atoms with Crippen LogP contribution in [0.1, 0.15) is 80.1 Å². The van der Waals surface area contributed by atoms with E-state index in [1.54, 1.807) is 0 Å². The Bertz CT molecular complexity index is 343. The highest BCUT2D eigenvalue weighted by Gasteiger charge is 2.53. The van der Waals surface area contributed by atoms with E-state index in [0.717, 1.165) is 31.1 Å². The Morgan fingerprint density at radius 3 is 2.36 bits per heavy atom. The molecule has 5 unspecified atom stereocenters. The Morgan fingerprint density at radius 2 is 1.77 bits per heavy atom. The molecule has 0 amide bonds. The second-order valence-corrected chi connectivity index (χ2v) is 8.02. The van der Waals surface area contributed by atoms with Crippen molar-refractivity contribution in [2.75, 3.05) is 6.61 Å². The molecule has 22 heavy (non-hydrogen) atoms. The Morgan fingerprint density at radius 1 is 1.05 bits per heavy atom. The predicted molar refractivity (Wildman–Crippen MR) is 89.9 cm³/mol. The van der Waals surface area contributed by atoms with Crippen LogP contribution in [0.4, 0.5) is 0 Å². The number of hydrogen-bond acceptors (Lipinski definition) is 3. The molecular weight excluding hydrogens is 276 g/mol. The van der Waals surface area contributed by atoms with Crippen LogP contribution in [0.5, 0.6) is 0 Å². The lowest BCUT2D eigenvalue weighted by atomic mass is 9.60. The summed E-state index contributed by atoms with van der Waals surface area (Å²) in [7, 11) is 0. The fourth-order valence-corrected chi connectivity index (χ4v) is 5.17. The summed E-state index contributed by atoms with van der Waals surface area (Å²) in [5.41, 5.74) is -0.0662. The molecule has 2 aliphatic rings. The maximum Gasteiger partial charge on any atom is 0.155 e. The van der Waals surface area contributed by atoms with Crippen molar-refractivity contribution >= 4 is 0 Å². The molecule has 2 fully saturated rings. The van der Waals surface area contributed by atoms with Gasteiger partial charge in [-0.3, -0.25) is 0 Å². The molecule has 3 nitrogen and oxygen atoms in total. The first kappa shape index (κ1) is 18.2. The predicted octanol–water partition coefficient (Wildman–Crippen LogP) is 4.93. The summed E-state index contributed by atoms with van der Waals surface area (Å²) in [6, 6.07) is 0. The molecule has 0 spiro atoms. The molecule has 5 atom stereocenters. The first-order valence-corrected chi connectivity index (χ1v) is 9.29. The number of fused-ring (bicyclic) bond motifs is 2. The van der Waals surface area contributed by atoms with Crippen molar-refractivity contribution in [3.63, 3.8) is 0 Å². The van der Waals surface area contributed by atoms with Crippen LogP contribution in [0, 0.1) is 11.8 Å². The molecule has 130 valence electrons. The van der Waals surface area contributed by atoms with Crippen LogP contribution in [-0.4, -0.2) is 30.2 Å². The molecule has 2 bridgehead atoms. The minimum Gasteiger partial charge on any atom is -0.372 e. The molecule has 0 aliphatic heterocycles. The van der Waals surface area contributed by atoms with Gasteiger partial charge >= 0.3 is 0 Å². The first-order valence-electron chi connectivity index (χ1n) is 9.29. The molecule has 0 aromatic rings. The number of rotatable bonds is 7. The van der Waals surface area contributed by atoms with Crippen LogP contribution in [0.3, 0.4) is 0 Å². The van der Waals surface area contributed by atoms with E-state index >= 15 is 0 Å². The van der Waals surface area contributed by atoms with Crippen LogP contribution >= 0.6 is 0 Å². The summed E-state index contributed by atoms with van der Waals surface area (Å²) in [5.74, 6) is 1.49. The van der Waals surface area contributed by atoms with Crippen molar-refractivity contribution < 1.29 is 14.2 Å². The van der Waals surface area contributed by atoms with Gasteiger partial charge < -0.3 is 14.2 Å². The largest absolute Gasteiger partial charge is 0.372 e. The van der Waals surface area contributed by atoms with E-state index in [0.29, 0.717) is 6.61 Å². The highest BCUT2D eigenvalue weighted by molar-refractivity contribution is 5.04. The van der Waals surface area contributed by atoms with Crippen molar-refractivity contribution in [3.8, 4) is 0 Å². The van der Waals surface area contributed by atoms with Gasteiger partial charge in [-0.25, -0.2) is 0 Å². The van der Waals surface area contributed by atoms with E-state index in [1.807, 2.05) is 13.8 Å². The van der Waals surface area contributed by atoms with Gasteiger partial charge in [-0.2, -0.15) is 0 Å². The Hall–Kier alpha value is -0.120. The van der Waals surface area contributed by atoms with Gasteiger partial charge in [-0.15, -0.1) is 0 Å². The molecule has 0 aromatic heterocycles. The smallest absolute Gasteiger partial charge is 0.155 e. The summed E-state index contributed by atoms with van der Waals surface area (Å²) in [6.45, 7) is 13.7. The SMILES string of the molecule is CCOC(C)OC1(CC)CC2CC(C)CC(OC(C)C)(C2)C1. The minimum atomic E-state index is -0.128. The Labute approximate surface area is 137 Å². The fraction of sp³-hybridized carbons (Fsp3) is 1.00. The third-order valence-corrected chi connectivity index (χ3v) is 5.37. The van der Waals surface area contributed by atoms with Crippen LogP contribution in [0.2, 0.25) is 0 Å². The molecule has 0 N–H and O–H groups in total. The van der Waals surface area contributed by atoms with Crippen molar-refractivity contribution in [3.05, 3.63) is 0 Å². The lowest BCUT2D eigenvalue weighted by molar-refractivity contribution is -0.258. The quantitative estimate of drug-likeness (QED) is 0.624. The molecule has 0 radical (unpaired) electrons. The highest BCUT2D eigenvalue weighted by atomic mass is 16.7. The van der Waals surface area contributed by atoms with Crippen molar-refractivity contribution in [1.29, 1.82) is 0 Å². The van der Waals surface area contributed by atoms with Gasteiger partial charge in [0.05, 0.1) is 17.3 Å². The first-order chi connectivity index (χ1) is 10.3. The maximum atomic E-state index is 6.50. The summed E-state index contributed by atoms with van der Waals surface area (Å²) in [5, 5.41) is 0. The average molecular weight is 312 g/mol. The van der Waals surface area contributed by atoms with Crippen LogP contribution in [0.25, 0.3) is 0 Å². The van der Waals surface area contributed by atoms with Crippen molar-refractivity contribution in [1.82, 2.24) is 0 Å². The molecule has 2 aliphatic carbocycles. The van der Waals surface area contributed by atoms with E-state index in [9.17, 15) is 0 Å². The summed E-state index contributed by atoms with van der Waals surface area (Å²) in [4.78, 5) is 0. The number of ether oxygens (including phenoxy) is 3. The van der Waals surface area contributed by atoms with E-state index in [-0.39, 0.29) is 23.6 Å². The standard InChI is InChI=1S/C19H36O3/c1-7-18(22-16(6)20-8-2)11-17-9-15(5)10-19(12-17,13-18)21-14(3)4/h14-17H,7-13H2,1-6H3. The highest BCUT2D eigenvalue weighted by Crippen LogP contribution is 2.53. The molecule has 0 heterocycles. The van der Waals surface area contributed by atoms with Gasteiger partial charge in [0.1, 0.15) is 0 Å². The van der Waals surface area contributed by atoms with Crippen molar-refractivity contribution in [2.24, 2.45) is 11.8 Å². The van der Waals surface area contributed by atoms with Crippen molar-refractivity contribution in [2.45, 2.75) is 104 Å².